The standard InChI is InChI=1S/C21H18F3N3O5S/c22-21(23,24)33(30,31)15-1-2-17(27-10-7-14(28)12-27)16(11-15)26-20(29)19-4-3-18(32-19)13-5-8-25-9-6-13/h1-6,8-9,11,14,28H,7,10,12H2,(H,26,29)/t14-/m0/s1. The van der Waals surface area contributed by atoms with Gasteiger partial charge in [0.25, 0.3) is 15.7 Å². The summed E-state index contributed by atoms with van der Waals surface area (Å²) in [5.41, 5.74) is -4.71. The van der Waals surface area contributed by atoms with Crippen molar-refractivity contribution in [1.29, 1.82) is 0 Å². The van der Waals surface area contributed by atoms with Crippen molar-refractivity contribution < 1.29 is 35.9 Å². The average Bonchev–Trinajstić information content (AvgIpc) is 3.43. The molecule has 0 aliphatic carbocycles. The van der Waals surface area contributed by atoms with E-state index in [0.29, 0.717) is 24.3 Å². The minimum atomic E-state index is -5.63. The number of halogens is 3. The van der Waals surface area contributed by atoms with E-state index in [4.69, 9.17) is 4.42 Å². The highest BCUT2D eigenvalue weighted by Gasteiger charge is 2.47. The lowest BCUT2D eigenvalue weighted by atomic mass is 10.2. The number of hydrogen-bond donors (Lipinski definition) is 2. The second-order valence-corrected chi connectivity index (χ2v) is 9.31. The summed E-state index contributed by atoms with van der Waals surface area (Å²) in [6, 6.07) is 9.04. The van der Waals surface area contributed by atoms with Gasteiger partial charge in [-0.05, 0) is 48.9 Å². The molecule has 0 bridgehead atoms. The lowest BCUT2D eigenvalue weighted by molar-refractivity contribution is -0.0436. The van der Waals surface area contributed by atoms with Gasteiger partial charge in [0.05, 0.1) is 22.4 Å². The van der Waals surface area contributed by atoms with Crippen molar-refractivity contribution in [1.82, 2.24) is 4.98 Å². The molecule has 3 heterocycles. The Hall–Kier alpha value is -3.38. The van der Waals surface area contributed by atoms with E-state index in [1.54, 1.807) is 35.5 Å². The predicted molar refractivity (Wildman–Crippen MR) is 112 cm³/mol. The Kier molecular flexibility index (Phi) is 5.89. The maximum Gasteiger partial charge on any atom is 0.501 e. The number of benzene rings is 1. The van der Waals surface area contributed by atoms with Crippen molar-refractivity contribution in [3.8, 4) is 11.3 Å². The third-order valence-corrected chi connectivity index (χ3v) is 6.61. The summed E-state index contributed by atoms with van der Waals surface area (Å²) in [7, 11) is -5.63. The van der Waals surface area contributed by atoms with Gasteiger partial charge < -0.3 is 19.7 Å². The van der Waals surface area contributed by atoms with Crippen molar-refractivity contribution in [3.63, 3.8) is 0 Å². The zero-order valence-corrected chi connectivity index (χ0v) is 17.7. The number of pyridine rings is 1. The molecule has 1 atom stereocenters. The minimum absolute atomic E-state index is 0.127. The molecule has 1 fully saturated rings. The SMILES string of the molecule is O=C(Nc1cc(S(=O)(=O)C(F)(F)F)ccc1N1CC[C@H](O)C1)c1ccc(-c2ccncc2)o1. The van der Waals surface area contributed by atoms with E-state index in [1.165, 1.54) is 12.1 Å². The molecule has 0 spiro atoms. The fourth-order valence-electron chi connectivity index (χ4n) is 3.47. The molecular weight excluding hydrogens is 463 g/mol. The predicted octanol–water partition coefficient (Wildman–Crippen LogP) is 3.46. The van der Waals surface area contributed by atoms with E-state index in [1.807, 2.05) is 0 Å². The third-order valence-electron chi connectivity index (χ3n) is 5.13. The Morgan fingerprint density at radius 3 is 2.52 bits per heavy atom. The fourth-order valence-corrected chi connectivity index (χ4v) is 4.26. The van der Waals surface area contributed by atoms with Crippen LogP contribution < -0.4 is 10.2 Å². The Bertz CT molecular complexity index is 1280. The smallest absolute Gasteiger partial charge is 0.451 e. The first-order valence-corrected chi connectivity index (χ1v) is 11.2. The monoisotopic (exact) mass is 481 g/mol. The summed E-state index contributed by atoms with van der Waals surface area (Å²) >= 11 is 0. The largest absolute Gasteiger partial charge is 0.501 e. The molecule has 1 saturated heterocycles. The van der Waals surface area contributed by atoms with Crippen molar-refractivity contribution in [2.24, 2.45) is 0 Å². The zero-order valence-electron chi connectivity index (χ0n) is 16.9. The van der Waals surface area contributed by atoms with Gasteiger partial charge in [-0.15, -0.1) is 0 Å². The van der Waals surface area contributed by atoms with Crippen LogP contribution in [-0.2, 0) is 9.84 Å². The molecular formula is C21H18F3N3O5S. The molecule has 8 nitrogen and oxygen atoms in total. The van der Waals surface area contributed by atoms with Gasteiger partial charge in [0.1, 0.15) is 5.76 Å². The quantitative estimate of drug-likeness (QED) is 0.574. The molecule has 0 saturated carbocycles. The Morgan fingerprint density at radius 2 is 1.88 bits per heavy atom. The van der Waals surface area contributed by atoms with Crippen LogP contribution in [0.1, 0.15) is 17.0 Å². The van der Waals surface area contributed by atoms with Crippen molar-refractivity contribution >= 4 is 27.1 Å². The van der Waals surface area contributed by atoms with E-state index in [9.17, 15) is 31.5 Å². The summed E-state index contributed by atoms with van der Waals surface area (Å²) in [5, 5.41) is 12.3. The molecule has 1 aliphatic rings. The normalized spacial score (nSPS) is 16.7. The van der Waals surface area contributed by atoms with Gasteiger partial charge in [-0.2, -0.15) is 13.2 Å². The molecule has 1 amide bonds. The molecule has 0 radical (unpaired) electrons. The number of furan rings is 1. The number of aromatic nitrogens is 1. The fraction of sp³-hybridized carbons (Fsp3) is 0.238. The van der Waals surface area contributed by atoms with Crippen LogP contribution in [0.15, 0.2) is 64.2 Å². The second-order valence-electron chi connectivity index (χ2n) is 7.37. The summed E-state index contributed by atoms with van der Waals surface area (Å²) in [4.78, 5) is 17.3. The molecule has 3 aromatic rings. The van der Waals surface area contributed by atoms with E-state index >= 15 is 0 Å². The molecule has 12 heteroatoms. The zero-order chi connectivity index (χ0) is 23.8. The lowest BCUT2D eigenvalue weighted by Crippen LogP contribution is -2.25. The molecule has 1 aromatic carbocycles. The molecule has 1 aliphatic heterocycles. The number of nitrogens with zero attached hydrogens (tertiary/aromatic N) is 2. The highest BCUT2D eigenvalue weighted by atomic mass is 32.2. The van der Waals surface area contributed by atoms with Gasteiger partial charge in [-0.1, -0.05) is 0 Å². The molecule has 174 valence electrons. The topological polar surface area (TPSA) is 113 Å². The number of anilines is 2. The van der Waals surface area contributed by atoms with Crippen LogP contribution in [0.5, 0.6) is 0 Å². The van der Waals surface area contributed by atoms with Crippen molar-refractivity contribution in [3.05, 3.63) is 60.6 Å². The molecule has 2 N–H and O–H groups in total. The molecule has 2 aromatic heterocycles. The number of carbonyl (C=O) groups excluding carboxylic acids is 1. The minimum Gasteiger partial charge on any atom is -0.451 e. The summed E-state index contributed by atoms with van der Waals surface area (Å²) in [5.74, 6) is -0.532. The molecule has 33 heavy (non-hydrogen) atoms. The number of hydrogen-bond acceptors (Lipinski definition) is 7. The Labute approximate surface area is 186 Å². The molecule has 4 rings (SSSR count). The second kappa shape index (κ2) is 8.52. The number of β-amino-alcohol motifs (C(OH)–C–C–N with tert-alkyl or cyclic N) is 1. The molecule has 0 unspecified atom stereocenters. The Morgan fingerprint density at radius 1 is 1.15 bits per heavy atom. The third kappa shape index (κ3) is 4.57. The first-order valence-electron chi connectivity index (χ1n) is 9.76. The van der Waals surface area contributed by atoms with E-state index in [0.717, 1.165) is 12.1 Å². The number of rotatable bonds is 5. The van der Waals surface area contributed by atoms with Crippen molar-refractivity contribution in [2.45, 2.75) is 22.9 Å². The van der Waals surface area contributed by atoms with Crippen LogP contribution in [0.25, 0.3) is 11.3 Å². The van der Waals surface area contributed by atoms with E-state index in [2.05, 4.69) is 10.3 Å². The van der Waals surface area contributed by atoms with Crippen molar-refractivity contribution in [2.75, 3.05) is 23.3 Å². The van der Waals surface area contributed by atoms with Crippen LogP contribution in [0, 0.1) is 0 Å². The number of amides is 1. The van der Waals surface area contributed by atoms with Gasteiger partial charge in [-0.25, -0.2) is 8.42 Å². The van der Waals surface area contributed by atoms with E-state index in [-0.39, 0.29) is 23.7 Å². The van der Waals surface area contributed by atoms with Gasteiger partial charge in [0.2, 0.25) is 0 Å². The van der Waals surface area contributed by atoms with Gasteiger partial charge in [0.15, 0.2) is 5.76 Å². The van der Waals surface area contributed by atoms with Gasteiger partial charge in [0, 0.05) is 31.0 Å². The van der Waals surface area contributed by atoms with Crippen LogP contribution in [0.2, 0.25) is 0 Å². The van der Waals surface area contributed by atoms with Crippen LogP contribution >= 0.6 is 0 Å². The van der Waals surface area contributed by atoms with Crippen LogP contribution in [-0.4, -0.2) is 49.1 Å². The number of alkyl halides is 3. The Balaban J connectivity index is 1.68. The average molecular weight is 481 g/mol. The lowest BCUT2D eigenvalue weighted by Gasteiger charge is -2.22. The first kappa shape index (κ1) is 22.8. The number of aliphatic hydroxyl groups is 1. The number of nitrogens with one attached hydrogen (secondary N) is 1. The summed E-state index contributed by atoms with van der Waals surface area (Å²) in [6.07, 6.45) is 2.85. The number of carbonyl (C=O) groups is 1. The summed E-state index contributed by atoms with van der Waals surface area (Å²) < 4.78 is 68.5. The number of sulfone groups is 1. The summed E-state index contributed by atoms with van der Waals surface area (Å²) in [6.45, 7) is 0.559. The maximum absolute atomic E-state index is 13.1. The highest BCUT2D eigenvalue weighted by Crippen LogP contribution is 2.36. The highest BCUT2D eigenvalue weighted by molar-refractivity contribution is 7.92. The van der Waals surface area contributed by atoms with Crippen LogP contribution in [0.3, 0.4) is 0 Å². The van der Waals surface area contributed by atoms with Gasteiger partial charge >= 0.3 is 5.51 Å². The van der Waals surface area contributed by atoms with E-state index < -0.39 is 32.3 Å². The van der Waals surface area contributed by atoms with Crippen LogP contribution in [0.4, 0.5) is 24.5 Å². The maximum atomic E-state index is 13.1. The van der Waals surface area contributed by atoms with Gasteiger partial charge in [-0.3, -0.25) is 9.78 Å². The number of aliphatic hydroxyl groups excluding tert-OH is 1. The first-order chi connectivity index (χ1) is 15.6.